The van der Waals surface area contributed by atoms with E-state index in [1.54, 1.807) is 36.4 Å². The molecule has 0 fully saturated rings. The molecule has 20 heavy (non-hydrogen) atoms. The van der Waals surface area contributed by atoms with Crippen molar-refractivity contribution in [2.45, 2.75) is 6.61 Å². The number of aliphatic hydroxyl groups excluding tert-OH is 1. The average Bonchev–Trinajstić information content (AvgIpc) is 2.49. The highest BCUT2D eigenvalue weighted by atomic mass is 16.5. The number of anilines is 1. The summed E-state index contributed by atoms with van der Waals surface area (Å²) in [5, 5.41) is 8.97. The predicted molar refractivity (Wildman–Crippen MR) is 74.6 cm³/mol. The van der Waals surface area contributed by atoms with Crippen LogP contribution in [-0.2, 0) is 11.3 Å². The summed E-state index contributed by atoms with van der Waals surface area (Å²) >= 11 is 0. The zero-order valence-corrected chi connectivity index (χ0v) is 11.0. The molecule has 0 aromatic heterocycles. The lowest BCUT2D eigenvalue weighted by Crippen LogP contribution is -2.02. The van der Waals surface area contributed by atoms with Gasteiger partial charge in [0.1, 0.15) is 5.75 Å². The predicted octanol–water partition coefficient (Wildman–Crippen LogP) is 2.34. The summed E-state index contributed by atoms with van der Waals surface area (Å²) in [7, 11) is 1.31. The van der Waals surface area contributed by atoms with Gasteiger partial charge in [-0.3, -0.25) is 0 Å². The minimum Gasteiger partial charge on any atom is -0.465 e. The Hall–Kier alpha value is -2.53. The third-order valence-electron chi connectivity index (χ3n) is 2.77. The fraction of sp³-hybridized carbons (Fsp3) is 0.133. The van der Waals surface area contributed by atoms with Crippen LogP contribution < -0.4 is 10.5 Å². The number of nitrogens with two attached hydrogens (primary N) is 1. The molecule has 0 aliphatic heterocycles. The number of nitrogen functional groups attached to an aromatic ring is 1. The summed E-state index contributed by atoms with van der Waals surface area (Å²) in [6, 6.07) is 11.6. The number of hydrogen-bond acceptors (Lipinski definition) is 5. The van der Waals surface area contributed by atoms with Gasteiger partial charge in [-0.15, -0.1) is 0 Å². The monoisotopic (exact) mass is 273 g/mol. The minimum atomic E-state index is -0.453. The molecule has 0 saturated carbocycles. The highest BCUT2D eigenvalue weighted by molar-refractivity contribution is 5.90. The fourth-order valence-corrected chi connectivity index (χ4v) is 1.66. The Kier molecular flexibility index (Phi) is 4.22. The molecular weight excluding hydrogens is 258 g/mol. The molecule has 3 N–H and O–H groups in total. The standard InChI is InChI=1S/C15H15NO4/c1-19-15(18)11-4-7-13(16)14(8-11)20-12-5-2-10(9-17)3-6-12/h2-8,17H,9,16H2,1H3. The van der Waals surface area contributed by atoms with Crippen LogP contribution in [0.15, 0.2) is 42.5 Å². The van der Waals surface area contributed by atoms with E-state index in [0.29, 0.717) is 22.7 Å². The third-order valence-corrected chi connectivity index (χ3v) is 2.77. The highest BCUT2D eigenvalue weighted by Crippen LogP contribution is 2.28. The van der Waals surface area contributed by atoms with E-state index in [1.165, 1.54) is 13.2 Å². The molecule has 0 amide bonds. The summed E-state index contributed by atoms with van der Waals surface area (Å²) < 4.78 is 10.3. The first-order valence-electron chi connectivity index (χ1n) is 5.99. The molecule has 0 unspecified atom stereocenters. The second-order valence-corrected chi connectivity index (χ2v) is 4.15. The van der Waals surface area contributed by atoms with Crippen LogP contribution in [0.25, 0.3) is 0 Å². The van der Waals surface area contributed by atoms with Crippen molar-refractivity contribution < 1.29 is 19.4 Å². The summed E-state index contributed by atoms with van der Waals surface area (Å²) in [6.07, 6.45) is 0. The molecule has 0 aliphatic rings. The average molecular weight is 273 g/mol. The van der Waals surface area contributed by atoms with Gasteiger partial charge in [0.25, 0.3) is 0 Å². The Labute approximate surface area is 116 Å². The summed E-state index contributed by atoms with van der Waals surface area (Å²) in [6.45, 7) is -0.0275. The first-order valence-corrected chi connectivity index (χ1v) is 5.99. The van der Waals surface area contributed by atoms with Crippen molar-refractivity contribution in [2.75, 3.05) is 12.8 Å². The molecule has 2 rings (SSSR count). The van der Waals surface area contributed by atoms with E-state index in [2.05, 4.69) is 4.74 Å². The Morgan fingerprint density at radius 1 is 1.20 bits per heavy atom. The van der Waals surface area contributed by atoms with E-state index >= 15 is 0 Å². The fourth-order valence-electron chi connectivity index (χ4n) is 1.66. The van der Waals surface area contributed by atoms with Gasteiger partial charge < -0.3 is 20.3 Å². The topological polar surface area (TPSA) is 81.8 Å². The minimum absolute atomic E-state index is 0.0275. The molecule has 0 bridgehead atoms. The zero-order chi connectivity index (χ0) is 14.5. The van der Waals surface area contributed by atoms with Crippen LogP contribution in [-0.4, -0.2) is 18.2 Å². The molecule has 5 heteroatoms. The van der Waals surface area contributed by atoms with Gasteiger partial charge in [0.2, 0.25) is 0 Å². The van der Waals surface area contributed by atoms with Crippen molar-refractivity contribution in [1.29, 1.82) is 0 Å². The first-order chi connectivity index (χ1) is 9.63. The van der Waals surface area contributed by atoms with Crippen molar-refractivity contribution in [1.82, 2.24) is 0 Å². The van der Waals surface area contributed by atoms with Crippen LogP contribution in [0.5, 0.6) is 11.5 Å². The quantitative estimate of drug-likeness (QED) is 0.660. The van der Waals surface area contributed by atoms with Gasteiger partial charge in [0.15, 0.2) is 5.75 Å². The number of carbonyl (C=O) groups excluding carboxylic acids is 1. The van der Waals surface area contributed by atoms with Gasteiger partial charge in [-0.2, -0.15) is 0 Å². The molecule has 0 radical (unpaired) electrons. The zero-order valence-electron chi connectivity index (χ0n) is 11.0. The van der Waals surface area contributed by atoms with Crippen molar-refractivity contribution >= 4 is 11.7 Å². The summed E-state index contributed by atoms with van der Waals surface area (Å²) in [5.41, 5.74) is 7.39. The van der Waals surface area contributed by atoms with E-state index in [-0.39, 0.29) is 6.61 Å². The lowest BCUT2D eigenvalue weighted by Gasteiger charge is -2.10. The molecule has 0 saturated heterocycles. The Balaban J connectivity index is 2.25. The van der Waals surface area contributed by atoms with Crippen LogP contribution in [0.1, 0.15) is 15.9 Å². The second-order valence-electron chi connectivity index (χ2n) is 4.15. The van der Waals surface area contributed by atoms with Crippen molar-refractivity contribution in [3.63, 3.8) is 0 Å². The van der Waals surface area contributed by atoms with Gasteiger partial charge in [-0.25, -0.2) is 4.79 Å². The molecular formula is C15H15NO4. The van der Waals surface area contributed by atoms with Gasteiger partial charge in [-0.1, -0.05) is 12.1 Å². The molecule has 0 spiro atoms. The van der Waals surface area contributed by atoms with Gasteiger partial charge in [0, 0.05) is 0 Å². The van der Waals surface area contributed by atoms with Crippen LogP contribution in [0.3, 0.4) is 0 Å². The molecule has 2 aromatic carbocycles. The normalized spacial score (nSPS) is 10.1. The second kappa shape index (κ2) is 6.08. The van der Waals surface area contributed by atoms with E-state index in [9.17, 15) is 4.79 Å². The number of ether oxygens (including phenoxy) is 2. The maximum atomic E-state index is 11.5. The summed E-state index contributed by atoms with van der Waals surface area (Å²) in [4.78, 5) is 11.5. The maximum absolute atomic E-state index is 11.5. The number of benzene rings is 2. The molecule has 0 heterocycles. The molecule has 2 aromatic rings. The first kappa shape index (κ1) is 13.9. The number of aliphatic hydroxyl groups is 1. The van der Waals surface area contributed by atoms with Crippen LogP contribution in [0.4, 0.5) is 5.69 Å². The number of esters is 1. The molecule has 104 valence electrons. The van der Waals surface area contributed by atoms with Crippen molar-refractivity contribution in [3.8, 4) is 11.5 Å². The number of rotatable bonds is 4. The number of methoxy groups -OCH3 is 1. The Morgan fingerprint density at radius 3 is 2.50 bits per heavy atom. The number of carbonyl (C=O) groups is 1. The van der Waals surface area contributed by atoms with E-state index in [1.807, 2.05) is 0 Å². The van der Waals surface area contributed by atoms with Crippen molar-refractivity contribution in [2.24, 2.45) is 0 Å². The largest absolute Gasteiger partial charge is 0.465 e. The lowest BCUT2D eigenvalue weighted by atomic mass is 10.2. The van der Waals surface area contributed by atoms with E-state index in [0.717, 1.165) is 5.56 Å². The van der Waals surface area contributed by atoms with Crippen LogP contribution in [0.2, 0.25) is 0 Å². The van der Waals surface area contributed by atoms with Crippen LogP contribution in [0, 0.1) is 0 Å². The van der Waals surface area contributed by atoms with Gasteiger partial charge in [-0.05, 0) is 35.9 Å². The Bertz CT molecular complexity index is 608. The molecule has 5 nitrogen and oxygen atoms in total. The lowest BCUT2D eigenvalue weighted by molar-refractivity contribution is 0.0600. The van der Waals surface area contributed by atoms with E-state index < -0.39 is 5.97 Å². The van der Waals surface area contributed by atoms with Crippen molar-refractivity contribution in [3.05, 3.63) is 53.6 Å². The van der Waals surface area contributed by atoms with Gasteiger partial charge in [0.05, 0.1) is 25.0 Å². The van der Waals surface area contributed by atoms with Crippen LogP contribution >= 0.6 is 0 Å². The third kappa shape index (κ3) is 3.07. The number of hydrogen-bond donors (Lipinski definition) is 2. The SMILES string of the molecule is COC(=O)c1ccc(N)c(Oc2ccc(CO)cc2)c1. The molecule has 0 aliphatic carbocycles. The Morgan fingerprint density at radius 2 is 1.90 bits per heavy atom. The molecule has 0 atom stereocenters. The maximum Gasteiger partial charge on any atom is 0.337 e. The van der Waals surface area contributed by atoms with Gasteiger partial charge >= 0.3 is 5.97 Å². The van der Waals surface area contributed by atoms with E-state index in [4.69, 9.17) is 15.6 Å². The smallest absolute Gasteiger partial charge is 0.337 e. The highest BCUT2D eigenvalue weighted by Gasteiger charge is 2.10. The summed E-state index contributed by atoms with van der Waals surface area (Å²) in [5.74, 6) is 0.492.